The number of nitrogens with zero attached hydrogens (tertiary/aromatic N) is 2. The Morgan fingerprint density at radius 1 is 0.588 bits per heavy atom. The molecule has 9 nitrogen and oxygen atoms in total. The lowest BCUT2D eigenvalue weighted by molar-refractivity contribution is -0.247. The van der Waals surface area contributed by atoms with Gasteiger partial charge >= 0.3 is 44.2 Å². The van der Waals surface area contributed by atoms with Gasteiger partial charge in [0.25, 0.3) is 20.0 Å². The van der Waals surface area contributed by atoms with E-state index < -0.39 is 99.0 Å². The highest BCUT2D eigenvalue weighted by molar-refractivity contribution is 7.91. The van der Waals surface area contributed by atoms with Gasteiger partial charge in [0.05, 0.1) is 0 Å². The molecule has 0 spiro atoms. The van der Waals surface area contributed by atoms with Crippen molar-refractivity contribution in [2.75, 3.05) is 26.2 Å². The van der Waals surface area contributed by atoms with Gasteiger partial charge in [-0.15, -0.1) is 0 Å². The summed E-state index contributed by atoms with van der Waals surface area (Å²) in [6.07, 6.45) is -5.23. The molecule has 0 aliphatic carbocycles. The minimum Gasteiger partial charge on any atom is -0.281 e. The van der Waals surface area contributed by atoms with E-state index in [4.69, 9.17) is 4.55 Å². The van der Waals surface area contributed by atoms with Gasteiger partial charge in [-0.2, -0.15) is 60.9 Å². The molecular formula is C10H10F12N2O7S3. The second-order valence-corrected chi connectivity index (χ2v) is 11.8. The predicted molar refractivity (Wildman–Crippen MR) is 83.3 cm³/mol. The summed E-state index contributed by atoms with van der Waals surface area (Å²) in [5.74, 6) is -13.9. The van der Waals surface area contributed by atoms with Gasteiger partial charge in [-0.1, -0.05) is 0 Å². The van der Waals surface area contributed by atoms with Gasteiger partial charge in [0.1, 0.15) is 0 Å². The van der Waals surface area contributed by atoms with Crippen molar-refractivity contribution >= 4 is 30.2 Å². The molecule has 0 amide bonds. The van der Waals surface area contributed by atoms with E-state index >= 15 is 0 Å². The number of halogens is 12. The largest absolute Gasteiger partial charge is 0.439 e. The second-order valence-electron chi connectivity index (χ2n) is 6.33. The van der Waals surface area contributed by atoms with Gasteiger partial charge in [-0.3, -0.25) is 4.55 Å². The van der Waals surface area contributed by atoms with Crippen LogP contribution in [0.3, 0.4) is 0 Å². The van der Waals surface area contributed by atoms with Crippen molar-refractivity contribution in [1.29, 1.82) is 0 Å². The van der Waals surface area contributed by atoms with Crippen LogP contribution in [0.2, 0.25) is 0 Å². The summed E-state index contributed by atoms with van der Waals surface area (Å²) < 4.78 is 233. The Bertz CT molecular complexity index is 1100. The van der Waals surface area contributed by atoms with Crippen LogP contribution < -0.4 is 0 Å². The Balaban J connectivity index is 3.29. The molecule has 0 aromatic rings. The van der Waals surface area contributed by atoms with Crippen molar-refractivity contribution in [3.05, 3.63) is 0 Å². The topological polar surface area (TPSA) is 129 Å². The Morgan fingerprint density at radius 2 is 0.882 bits per heavy atom. The lowest BCUT2D eigenvalue weighted by Crippen LogP contribution is -2.65. The predicted octanol–water partition coefficient (Wildman–Crippen LogP) is 1.47. The molecule has 1 aliphatic rings. The second kappa shape index (κ2) is 8.48. The van der Waals surface area contributed by atoms with E-state index in [1.807, 2.05) is 0 Å². The summed E-state index contributed by atoms with van der Waals surface area (Å²) in [5, 5.41) is -20.7. The van der Waals surface area contributed by atoms with Crippen LogP contribution in [0.1, 0.15) is 0 Å². The van der Waals surface area contributed by atoms with Crippen molar-refractivity contribution in [3.63, 3.8) is 0 Å². The Hall–Kier alpha value is -1.11. The lowest BCUT2D eigenvalue weighted by atomic mass is 10.3. The van der Waals surface area contributed by atoms with Crippen molar-refractivity contribution in [3.8, 4) is 0 Å². The highest BCUT2D eigenvalue weighted by Gasteiger charge is 2.82. The number of rotatable bonds is 9. The summed E-state index contributed by atoms with van der Waals surface area (Å²) in [6.45, 7) is -7.35. The van der Waals surface area contributed by atoms with E-state index in [1.54, 1.807) is 0 Å². The van der Waals surface area contributed by atoms with Crippen molar-refractivity contribution < 1.29 is 82.5 Å². The van der Waals surface area contributed by atoms with E-state index in [2.05, 4.69) is 0 Å². The Morgan fingerprint density at radius 3 is 1.15 bits per heavy atom. The van der Waals surface area contributed by atoms with Crippen LogP contribution >= 0.6 is 0 Å². The first-order chi connectivity index (χ1) is 14.7. The van der Waals surface area contributed by atoms with Crippen LogP contribution in [0, 0.1) is 0 Å². The van der Waals surface area contributed by atoms with Crippen LogP contribution in [-0.2, 0) is 30.2 Å². The minimum absolute atomic E-state index is 0.779. The summed E-state index contributed by atoms with van der Waals surface area (Å²) in [6, 6.07) is 0. The molecule has 24 heteroatoms. The molecule has 1 aliphatic heterocycles. The zero-order chi connectivity index (χ0) is 27.6. The molecular weight excluding hydrogens is 584 g/mol. The summed E-state index contributed by atoms with van der Waals surface area (Å²) in [4.78, 5) is 0. The number of hydrogen-bond acceptors (Lipinski definition) is 6. The molecule has 1 fully saturated rings. The zero-order valence-corrected chi connectivity index (χ0v) is 17.9. The molecule has 1 N–H and O–H groups in total. The van der Waals surface area contributed by atoms with Gasteiger partial charge in [0.15, 0.2) is 0 Å². The summed E-state index contributed by atoms with van der Waals surface area (Å²) in [5.41, 5.74) is 0. The third-order valence-corrected chi connectivity index (χ3v) is 9.06. The van der Waals surface area contributed by atoms with Crippen LogP contribution in [-0.4, -0.2) is 98.6 Å². The van der Waals surface area contributed by atoms with Crippen molar-refractivity contribution in [1.82, 2.24) is 8.61 Å². The molecule has 0 bridgehead atoms. The molecule has 34 heavy (non-hydrogen) atoms. The monoisotopic (exact) mass is 594 g/mol. The smallest absolute Gasteiger partial charge is 0.281 e. The van der Waals surface area contributed by atoms with Crippen LogP contribution in [0.5, 0.6) is 0 Å². The molecule has 0 atom stereocenters. The van der Waals surface area contributed by atoms with E-state index in [1.165, 1.54) is 0 Å². The van der Waals surface area contributed by atoms with E-state index in [9.17, 15) is 77.9 Å². The number of alkyl halides is 12. The SMILES string of the molecule is O=S(=O)(O)C(F)(F)C(F)(F)C(F)(F)S(=O)(=O)N1CCN(S(=O)(=O)C(F)(F)C(F)(F)C(F)F)CC1. The fourth-order valence-corrected chi connectivity index (χ4v) is 5.61. The van der Waals surface area contributed by atoms with Crippen LogP contribution in [0.25, 0.3) is 0 Å². The zero-order valence-electron chi connectivity index (χ0n) is 15.5. The molecule has 0 radical (unpaired) electrons. The molecule has 1 heterocycles. The molecule has 0 saturated carbocycles. The minimum atomic E-state index is -7.36. The van der Waals surface area contributed by atoms with Gasteiger partial charge in [0.2, 0.25) is 0 Å². The molecule has 1 saturated heterocycles. The fourth-order valence-electron chi connectivity index (χ4n) is 2.27. The van der Waals surface area contributed by atoms with Crippen molar-refractivity contribution in [2.45, 2.75) is 34.0 Å². The average Bonchev–Trinajstić information content (AvgIpc) is 2.66. The van der Waals surface area contributed by atoms with Crippen LogP contribution in [0.15, 0.2) is 0 Å². The molecule has 0 aromatic heterocycles. The van der Waals surface area contributed by atoms with Crippen molar-refractivity contribution in [2.24, 2.45) is 0 Å². The van der Waals surface area contributed by atoms with E-state index in [-0.39, 0.29) is 0 Å². The first-order valence-electron chi connectivity index (χ1n) is 7.79. The standard InChI is InChI=1S/C10H10F12N2O7S3/c11-5(12)6(13,14)8(17,18)32(25,26)23-1-3-24(4-2-23)33(27,28)9(19,20)7(15,16)10(21,22)34(29,30)31/h5H,1-4H2,(H,29,30,31). The number of piperazine rings is 1. The highest BCUT2D eigenvalue weighted by Crippen LogP contribution is 2.51. The normalized spacial score (nSPS) is 19.6. The maximum Gasteiger partial charge on any atom is 0.439 e. The first kappa shape index (κ1) is 30.9. The molecule has 204 valence electrons. The van der Waals surface area contributed by atoms with Gasteiger partial charge in [-0.05, 0) is 0 Å². The average molecular weight is 594 g/mol. The van der Waals surface area contributed by atoms with Gasteiger partial charge in [0, 0.05) is 26.2 Å². The highest BCUT2D eigenvalue weighted by atomic mass is 32.2. The molecule has 1 rings (SSSR count). The molecule has 0 unspecified atom stereocenters. The number of sulfonamides is 2. The quantitative estimate of drug-likeness (QED) is 0.316. The Kier molecular flexibility index (Phi) is 7.72. The van der Waals surface area contributed by atoms with E-state index in [0.29, 0.717) is 0 Å². The summed E-state index contributed by atoms with van der Waals surface area (Å²) in [7, 11) is -21.2. The maximum atomic E-state index is 13.9. The number of hydrogen-bond donors (Lipinski definition) is 1. The van der Waals surface area contributed by atoms with Gasteiger partial charge in [-0.25, -0.2) is 25.6 Å². The van der Waals surface area contributed by atoms with E-state index in [0.717, 1.165) is 0 Å². The maximum absolute atomic E-state index is 13.9. The van der Waals surface area contributed by atoms with Crippen LogP contribution in [0.4, 0.5) is 52.7 Å². The molecule has 0 aromatic carbocycles. The third kappa shape index (κ3) is 4.22. The Labute approximate surface area is 182 Å². The fraction of sp³-hybridized carbons (Fsp3) is 1.00. The first-order valence-corrected chi connectivity index (χ1v) is 12.1. The third-order valence-electron chi connectivity index (χ3n) is 4.24. The summed E-state index contributed by atoms with van der Waals surface area (Å²) >= 11 is 0. The van der Waals surface area contributed by atoms with Gasteiger partial charge < -0.3 is 0 Å². The lowest BCUT2D eigenvalue weighted by Gasteiger charge is -2.38.